The monoisotopic (exact) mass is 394 g/mol. The van der Waals surface area contributed by atoms with Crippen molar-refractivity contribution in [3.63, 3.8) is 0 Å². The number of hydrogen-bond donors (Lipinski definition) is 1. The van der Waals surface area contributed by atoms with Gasteiger partial charge >= 0.3 is 0 Å². The van der Waals surface area contributed by atoms with Crippen LogP contribution in [0.4, 0.5) is 0 Å². The second kappa shape index (κ2) is 6.08. The molecular weight excluding hydrogens is 376 g/mol. The fourth-order valence-corrected chi connectivity index (χ4v) is 5.40. The van der Waals surface area contributed by atoms with Gasteiger partial charge in [0, 0.05) is 36.3 Å². The van der Waals surface area contributed by atoms with Gasteiger partial charge in [-0.25, -0.2) is 4.98 Å². The SMILES string of the molecule is C[C@@H](O)[C@H]1C(=O)N2C=C(c3cn4cnc(C(=O)c5ccncc5)c4s3)[C@H](C)[C@H]12. The van der Waals surface area contributed by atoms with Gasteiger partial charge < -0.3 is 10.0 Å². The highest BCUT2D eigenvalue weighted by Gasteiger charge is 2.55. The normalized spacial score (nSPS) is 24.8. The molecule has 0 unspecified atom stereocenters. The summed E-state index contributed by atoms with van der Waals surface area (Å²) in [5.41, 5.74) is 2.01. The van der Waals surface area contributed by atoms with Crippen LogP contribution in [0.5, 0.6) is 0 Å². The predicted molar refractivity (Wildman–Crippen MR) is 104 cm³/mol. The topological polar surface area (TPSA) is 87.8 Å². The van der Waals surface area contributed by atoms with E-state index in [1.807, 2.05) is 16.8 Å². The highest BCUT2D eigenvalue weighted by Crippen LogP contribution is 2.47. The van der Waals surface area contributed by atoms with Crippen LogP contribution in [0.15, 0.2) is 43.3 Å². The molecule has 0 aliphatic carbocycles. The van der Waals surface area contributed by atoms with E-state index >= 15 is 0 Å². The molecule has 8 heteroatoms. The molecule has 0 spiro atoms. The van der Waals surface area contributed by atoms with E-state index < -0.39 is 6.10 Å². The van der Waals surface area contributed by atoms with Gasteiger partial charge in [-0.2, -0.15) is 0 Å². The van der Waals surface area contributed by atoms with Crippen LogP contribution < -0.4 is 0 Å². The van der Waals surface area contributed by atoms with E-state index in [2.05, 4.69) is 16.9 Å². The van der Waals surface area contributed by atoms with Crippen molar-refractivity contribution in [1.82, 2.24) is 19.3 Å². The number of thiazole rings is 1. The number of rotatable bonds is 4. The summed E-state index contributed by atoms with van der Waals surface area (Å²) >= 11 is 1.49. The molecular formula is C20H18N4O3S. The Labute approximate surface area is 165 Å². The molecule has 28 heavy (non-hydrogen) atoms. The molecule has 3 aromatic heterocycles. The Balaban J connectivity index is 1.50. The van der Waals surface area contributed by atoms with Crippen LogP contribution in [0.1, 0.15) is 34.8 Å². The van der Waals surface area contributed by atoms with E-state index in [0.29, 0.717) is 11.3 Å². The first-order valence-corrected chi connectivity index (χ1v) is 9.92. The lowest BCUT2D eigenvalue weighted by Gasteiger charge is -2.45. The zero-order valence-electron chi connectivity index (χ0n) is 15.3. The maximum Gasteiger partial charge on any atom is 0.234 e. The summed E-state index contributed by atoms with van der Waals surface area (Å²) in [6.45, 7) is 3.75. The Kier molecular flexibility index (Phi) is 3.75. The molecule has 1 fully saturated rings. The van der Waals surface area contributed by atoms with Crippen LogP contribution >= 0.6 is 11.3 Å². The van der Waals surface area contributed by atoms with Gasteiger partial charge in [-0.15, -0.1) is 11.3 Å². The Morgan fingerprint density at radius 2 is 2.07 bits per heavy atom. The van der Waals surface area contributed by atoms with Crippen molar-refractivity contribution in [2.45, 2.75) is 26.0 Å². The number of nitrogens with zero attached hydrogens (tertiary/aromatic N) is 4. The predicted octanol–water partition coefficient (Wildman–Crippen LogP) is 2.22. The smallest absolute Gasteiger partial charge is 0.234 e. The van der Waals surface area contributed by atoms with E-state index in [1.165, 1.54) is 11.3 Å². The summed E-state index contributed by atoms with van der Waals surface area (Å²) in [6, 6.07) is 3.35. The van der Waals surface area contributed by atoms with E-state index in [1.54, 1.807) is 42.7 Å². The average Bonchev–Trinajstić information content (AvgIpc) is 3.33. The number of carbonyl (C=O) groups is 2. The van der Waals surface area contributed by atoms with Crippen molar-refractivity contribution in [2.24, 2.45) is 11.8 Å². The lowest BCUT2D eigenvalue weighted by atomic mass is 9.77. The molecule has 1 saturated heterocycles. The molecule has 5 rings (SSSR count). The second-order valence-corrected chi connectivity index (χ2v) is 8.37. The largest absolute Gasteiger partial charge is 0.393 e. The van der Waals surface area contributed by atoms with Crippen molar-refractivity contribution in [2.75, 3.05) is 0 Å². The van der Waals surface area contributed by atoms with Gasteiger partial charge in [0.05, 0.1) is 22.9 Å². The van der Waals surface area contributed by atoms with E-state index in [9.17, 15) is 14.7 Å². The highest BCUT2D eigenvalue weighted by atomic mass is 32.1. The molecule has 0 saturated carbocycles. The molecule has 5 heterocycles. The lowest BCUT2D eigenvalue weighted by Crippen LogP contribution is -2.61. The number of aromatic nitrogens is 3. The molecule has 4 atom stereocenters. The number of amides is 1. The maximum atomic E-state index is 12.8. The summed E-state index contributed by atoms with van der Waals surface area (Å²) in [5.74, 6) is -0.395. The Morgan fingerprint density at radius 3 is 2.79 bits per heavy atom. The molecule has 2 aliphatic heterocycles. The van der Waals surface area contributed by atoms with E-state index in [0.717, 1.165) is 15.3 Å². The van der Waals surface area contributed by atoms with Gasteiger partial charge in [0.1, 0.15) is 16.9 Å². The Hall–Kier alpha value is -2.84. The zero-order valence-corrected chi connectivity index (χ0v) is 16.1. The molecule has 1 amide bonds. The van der Waals surface area contributed by atoms with Gasteiger partial charge in [0.25, 0.3) is 0 Å². The minimum Gasteiger partial charge on any atom is -0.393 e. The van der Waals surface area contributed by atoms with Crippen molar-refractivity contribution in [3.8, 4) is 0 Å². The number of carbonyl (C=O) groups excluding carboxylic acids is 2. The summed E-state index contributed by atoms with van der Waals surface area (Å²) in [6.07, 6.45) is 8.00. The maximum absolute atomic E-state index is 12.8. The fourth-order valence-electron chi connectivity index (χ4n) is 4.22. The molecule has 142 valence electrons. The van der Waals surface area contributed by atoms with Crippen molar-refractivity contribution in [1.29, 1.82) is 0 Å². The molecule has 3 aromatic rings. The van der Waals surface area contributed by atoms with Gasteiger partial charge in [-0.05, 0) is 24.6 Å². The molecule has 0 radical (unpaired) electrons. The molecule has 7 nitrogen and oxygen atoms in total. The molecule has 0 bridgehead atoms. The number of aliphatic hydroxyl groups is 1. The Bertz CT molecular complexity index is 1130. The minimum absolute atomic E-state index is 0.00000774. The summed E-state index contributed by atoms with van der Waals surface area (Å²) in [4.78, 5) is 36.8. The van der Waals surface area contributed by atoms with Crippen molar-refractivity contribution >= 4 is 33.4 Å². The number of imidazole rings is 1. The van der Waals surface area contributed by atoms with Crippen LogP contribution in [0.2, 0.25) is 0 Å². The summed E-state index contributed by atoms with van der Waals surface area (Å²) in [5, 5.41) is 9.93. The first kappa shape index (κ1) is 17.3. The third kappa shape index (κ3) is 2.31. The quantitative estimate of drug-likeness (QED) is 0.542. The number of hydrogen-bond acceptors (Lipinski definition) is 6. The first-order chi connectivity index (χ1) is 13.5. The number of β-lactam (4-membered cyclic amide) rings is 1. The van der Waals surface area contributed by atoms with Crippen LogP contribution in [0.3, 0.4) is 0 Å². The van der Waals surface area contributed by atoms with Crippen LogP contribution in [0, 0.1) is 11.8 Å². The van der Waals surface area contributed by atoms with Gasteiger partial charge in [-0.3, -0.25) is 19.0 Å². The standard InChI is InChI=1S/C20H18N4O3S/c1-10-13(7-24-17(10)15(11(2)25)19(24)27)14-8-23-9-22-16(20(23)28-14)18(26)12-3-5-21-6-4-12/h3-11,15,17,25H,1-2H3/t10-,11+,15+,17+/m0/s1. The summed E-state index contributed by atoms with van der Waals surface area (Å²) < 4.78 is 1.85. The van der Waals surface area contributed by atoms with Crippen LogP contribution in [-0.4, -0.2) is 48.2 Å². The van der Waals surface area contributed by atoms with Gasteiger partial charge in [-0.1, -0.05) is 6.92 Å². The van der Waals surface area contributed by atoms with Gasteiger partial charge in [0.2, 0.25) is 11.7 Å². The van der Waals surface area contributed by atoms with Crippen molar-refractivity contribution in [3.05, 3.63) is 59.4 Å². The second-order valence-electron chi connectivity index (χ2n) is 7.34. The molecule has 2 aliphatic rings. The first-order valence-electron chi connectivity index (χ1n) is 9.11. The average molecular weight is 394 g/mol. The van der Waals surface area contributed by atoms with Crippen LogP contribution in [0.25, 0.3) is 10.4 Å². The third-order valence-corrected chi connectivity index (χ3v) is 6.84. The molecule has 0 aromatic carbocycles. The van der Waals surface area contributed by atoms with E-state index in [-0.39, 0.29) is 29.6 Å². The number of aliphatic hydroxyl groups excluding tert-OH is 1. The lowest BCUT2D eigenvalue weighted by molar-refractivity contribution is -0.158. The highest BCUT2D eigenvalue weighted by molar-refractivity contribution is 7.18. The van der Waals surface area contributed by atoms with Crippen molar-refractivity contribution < 1.29 is 14.7 Å². The summed E-state index contributed by atoms with van der Waals surface area (Å²) in [7, 11) is 0. The third-order valence-electron chi connectivity index (χ3n) is 5.68. The number of pyridine rings is 1. The van der Waals surface area contributed by atoms with E-state index in [4.69, 9.17) is 0 Å². The molecule has 1 N–H and O–H groups in total. The van der Waals surface area contributed by atoms with Gasteiger partial charge in [0.15, 0.2) is 0 Å². The zero-order chi connectivity index (χ0) is 19.6. The fraction of sp³-hybridized carbons (Fsp3) is 0.300. The minimum atomic E-state index is -0.656. The number of fused-ring (bicyclic) bond motifs is 2. The number of ketones is 1. The Morgan fingerprint density at radius 1 is 1.32 bits per heavy atom. The van der Waals surface area contributed by atoms with Crippen LogP contribution in [-0.2, 0) is 4.79 Å².